The molecule has 1 aromatic carbocycles. The molecule has 0 atom stereocenters. The summed E-state index contributed by atoms with van der Waals surface area (Å²) in [6, 6.07) is 8.48. The molecule has 0 fully saturated rings. The lowest BCUT2D eigenvalue weighted by atomic mass is 10.1. The predicted octanol–water partition coefficient (Wildman–Crippen LogP) is 1.91. The number of H-pyrrole nitrogens is 2. The van der Waals surface area contributed by atoms with Crippen LogP contribution in [-0.4, -0.2) is 20.9 Å². The van der Waals surface area contributed by atoms with E-state index in [-0.39, 0.29) is 16.2 Å². The molecule has 3 rings (SSSR count). The van der Waals surface area contributed by atoms with Gasteiger partial charge in [0.1, 0.15) is 0 Å². The number of aromatic amines is 2. The smallest absolute Gasteiger partial charge is 0.259 e. The Labute approximate surface area is 130 Å². The first-order valence-corrected chi connectivity index (χ1v) is 6.98. The molecule has 0 unspecified atom stereocenters. The lowest BCUT2D eigenvalue weighted by Crippen LogP contribution is -2.23. The van der Waals surface area contributed by atoms with Gasteiger partial charge in [-0.1, -0.05) is 0 Å². The Balaban J connectivity index is 1.85. The van der Waals surface area contributed by atoms with Crippen molar-refractivity contribution in [3.05, 3.63) is 69.0 Å². The molecule has 2 heterocycles. The van der Waals surface area contributed by atoms with Crippen molar-refractivity contribution in [1.29, 1.82) is 0 Å². The summed E-state index contributed by atoms with van der Waals surface area (Å²) in [5, 5.41) is 3.27. The maximum Gasteiger partial charge on any atom is 0.259 e. The Morgan fingerprint density at radius 2 is 1.95 bits per heavy atom. The third-order valence-corrected chi connectivity index (χ3v) is 3.41. The van der Waals surface area contributed by atoms with Gasteiger partial charge in [0, 0.05) is 24.5 Å². The summed E-state index contributed by atoms with van der Waals surface area (Å²) in [6.45, 7) is 0.408. The summed E-state index contributed by atoms with van der Waals surface area (Å²) >= 11 is 4.93. The Bertz CT molecular complexity index is 947. The Hall–Kier alpha value is -2.80. The molecule has 110 valence electrons. The van der Waals surface area contributed by atoms with E-state index in [0.717, 1.165) is 5.56 Å². The monoisotopic (exact) mass is 312 g/mol. The van der Waals surface area contributed by atoms with Crippen molar-refractivity contribution in [2.24, 2.45) is 0 Å². The second-order valence-electron chi connectivity index (χ2n) is 4.71. The zero-order valence-corrected chi connectivity index (χ0v) is 12.2. The Morgan fingerprint density at radius 3 is 2.73 bits per heavy atom. The first-order valence-electron chi connectivity index (χ1n) is 6.57. The number of aromatic nitrogens is 3. The molecule has 0 radical (unpaired) electrons. The van der Waals surface area contributed by atoms with Gasteiger partial charge in [-0.05, 0) is 48.1 Å². The van der Waals surface area contributed by atoms with Gasteiger partial charge in [0.15, 0.2) is 4.77 Å². The molecule has 0 aliphatic heterocycles. The molecule has 0 saturated carbocycles. The van der Waals surface area contributed by atoms with Crippen molar-refractivity contribution in [2.75, 3.05) is 0 Å². The molecule has 0 aliphatic carbocycles. The summed E-state index contributed by atoms with van der Waals surface area (Å²) in [4.78, 5) is 33.2. The standard InChI is InChI=1S/C15H12N4O2S/c20-13(17-8-9-3-5-16-6-4-9)10-1-2-11-12(7-10)18-15(22)19-14(11)21/h1-7H,8H2,(H,17,20)(H2,18,19,21,22). The zero-order chi connectivity index (χ0) is 15.5. The maximum atomic E-state index is 12.2. The number of nitrogens with one attached hydrogen (secondary N) is 3. The molecule has 0 bridgehead atoms. The number of amides is 1. The van der Waals surface area contributed by atoms with E-state index >= 15 is 0 Å². The molecule has 7 heteroatoms. The minimum atomic E-state index is -0.275. The minimum absolute atomic E-state index is 0.224. The van der Waals surface area contributed by atoms with Gasteiger partial charge in [-0.25, -0.2) is 0 Å². The summed E-state index contributed by atoms with van der Waals surface area (Å²) in [7, 11) is 0. The highest BCUT2D eigenvalue weighted by atomic mass is 32.1. The number of rotatable bonds is 3. The predicted molar refractivity (Wildman–Crippen MR) is 85.2 cm³/mol. The van der Waals surface area contributed by atoms with Gasteiger partial charge in [0.25, 0.3) is 11.5 Å². The molecule has 0 saturated heterocycles. The molecule has 1 amide bonds. The quantitative estimate of drug-likeness (QED) is 0.644. The highest BCUT2D eigenvalue weighted by Gasteiger charge is 2.08. The van der Waals surface area contributed by atoms with Crippen molar-refractivity contribution in [3.8, 4) is 0 Å². The largest absolute Gasteiger partial charge is 0.348 e. The number of fused-ring (bicyclic) bond motifs is 1. The van der Waals surface area contributed by atoms with Crippen molar-refractivity contribution in [2.45, 2.75) is 6.54 Å². The summed E-state index contributed by atoms with van der Waals surface area (Å²) in [5.74, 6) is -0.224. The number of nitrogens with zero attached hydrogens (tertiary/aromatic N) is 1. The first kappa shape index (κ1) is 14.2. The maximum absolute atomic E-state index is 12.2. The van der Waals surface area contributed by atoms with Crippen LogP contribution in [0.15, 0.2) is 47.5 Å². The van der Waals surface area contributed by atoms with E-state index in [1.807, 2.05) is 12.1 Å². The van der Waals surface area contributed by atoms with Gasteiger partial charge in [-0.15, -0.1) is 0 Å². The fraction of sp³-hybridized carbons (Fsp3) is 0.0667. The molecule has 3 aromatic rings. The SMILES string of the molecule is O=C(NCc1ccncc1)c1ccc2c(=O)[nH]c(=S)[nH]c2c1. The molecule has 6 nitrogen and oxygen atoms in total. The molecular formula is C15H12N4O2S. The van der Waals surface area contributed by atoms with E-state index in [4.69, 9.17) is 12.2 Å². The summed E-state index contributed by atoms with van der Waals surface area (Å²) in [6.07, 6.45) is 3.34. The topological polar surface area (TPSA) is 90.6 Å². The van der Waals surface area contributed by atoms with Crippen LogP contribution in [0, 0.1) is 4.77 Å². The van der Waals surface area contributed by atoms with Crippen molar-refractivity contribution in [1.82, 2.24) is 20.3 Å². The third-order valence-electron chi connectivity index (χ3n) is 3.20. The molecule has 3 N–H and O–H groups in total. The number of carbonyl (C=O) groups excluding carboxylic acids is 1. The van der Waals surface area contributed by atoms with Crippen LogP contribution in [0.2, 0.25) is 0 Å². The van der Waals surface area contributed by atoms with E-state index in [1.165, 1.54) is 0 Å². The molecule has 0 spiro atoms. The lowest BCUT2D eigenvalue weighted by Gasteiger charge is -2.06. The van der Waals surface area contributed by atoms with Crippen LogP contribution < -0.4 is 10.9 Å². The van der Waals surface area contributed by atoms with Crippen molar-refractivity contribution in [3.63, 3.8) is 0 Å². The fourth-order valence-electron chi connectivity index (χ4n) is 2.10. The van der Waals surface area contributed by atoms with E-state index in [2.05, 4.69) is 20.3 Å². The van der Waals surface area contributed by atoms with Gasteiger partial charge in [0.2, 0.25) is 0 Å². The number of hydrogen-bond donors (Lipinski definition) is 3. The minimum Gasteiger partial charge on any atom is -0.348 e. The van der Waals surface area contributed by atoms with Crippen molar-refractivity contribution >= 4 is 29.0 Å². The summed E-state index contributed by atoms with van der Waals surface area (Å²) < 4.78 is 0.229. The van der Waals surface area contributed by atoms with Crippen LogP contribution in [-0.2, 0) is 6.54 Å². The van der Waals surface area contributed by atoms with Crippen LogP contribution in [0.4, 0.5) is 0 Å². The highest BCUT2D eigenvalue weighted by Crippen LogP contribution is 2.10. The van der Waals surface area contributed by atoms with Crippen molar-refractivity contribution < 1.29 is 4.79 Å². The fourth-order valence-corrected chi connectivity index (χ4v) is 2.30. The summed E-state index contributed by atoms with van der Waals surface area (Å²) in [5.41, 5.74) is 1.67. The first-order chi connectivity index (χ1) is 10.6. The van der Waals surface area contributed by atoms with E-state index in [0.29, 0.717) is 23.0 Å². The zero-order valence-electron chi connectivity index (χ0n) is 11.4. The Morgan fingerprint density at radius 1 is 1.18 bits per heavy atom. The molecule has 22 heavy (non-hydrogen) atoms. The number of pyridine rings is 1. The average Bonchev–Trinajstić information content (AvgIpc) is 2.53. The third kappa shape index (κ3) is 2.94. The van der Waals surface area contributed by atoms with Gasteiger partial charge in [0.05, 0.1) is 10.9 Å². The van der Waals surface area contributed by atoms with Gasteiger partial charge < -0.3 is 10.3 Å². The van der Waals surface area contributed by atoms with Gasteiger partial charge >= 0.3 is 0 Å². The van der Waals surface area contributed by atoms with Gasteiger partial charge in [-0.3, -0.25) is 19.6 Å². The number of benzene rings is 1. The normalized spacial score (nSPS) is 10.5. The molecular weight excluding hydrogens is 300 g/mol. The second-order valence-corrected chi connectivity index (χ2v) is 5.11. The lowest BCUT2D eigenvalue weighted by molar-refractivity contribution is 0.0951. The van der Waals surface area contributed by atoms with Gasteiger partial charge in [-0.2, -0.15) is 0 Å². The Kier molecular flexibility index (Phi) is 3.80. The van der Waals surface area contributed by atoms with Crippen LogP contribution in [0.5, 0.6) is 0 Å². The number of carbonyl (C=O) groups is 1. The van der Waals surface area contributed by atoms with Crippen LogP contribution in [0.3, 0.4) is 0 Å². The van der Waals surface area contributed by atoms with Crippen LogP contribution in [0.1, 0.15) is 15.9 Å². The second kappa shape index (κ2) is 5.90. The van der Waals surface area contributed by atoms with Crippen LogP contribution in [0.25, 0.3) is 10.9 Å². The number of hydrogen-bond acceptors (Lipinski definition) is 4. The van der Waals surface area contributed by atoms with Crippen LogP contribution >= 0.6 is 12.2 Å². The van der Waals surface area contributed by atoms with E-state index in [9.17, 15) is 9.59 Å². The average molecular weight is 312 g/mol. The highest BCUT2D eigenvalue weighted by molar-refractivity contribution is 7.71. The molecule has 2 aromatic heterocycles. The van der Waals surface area contributed by atoms with E-state index < -0.39 is 0 Å². The van der Waals surface area contributed by atoms with E-state index in [1.54, 1.807) is 30.6 Å². The molecule has 0 aliphatic rings.